The quantitative estimate of drug-likeness (QED) is 0.150. The molecular formula is C29H41NO8Si. The summed E-state index contributed by atoms with van der Waals surface area (Å²) in [6.07, 6.45) is 0.0273. The fraction of sp³-hybridized carbons (Fsp3) is 0.483. The van der Waals surface area contributed by atoms with Crippen molar-refractivity contribution in [3.63, 3.8) is 0 Å². The standard InChI is InChI=1S/C29H41NO8Si/c1-29(2,3)39(9,10)38-23-16-20(30-31)26(19-14-24(34-6)28(36-8)25(15-19)35-7)27(23)18-11-12-21(33-5)22(13-18)37-17-32-4/h11-15,23,31H,16-17H2,1-10H3. The molecule has 0 aromatic heterocycles. The lowest BCUT2D eigenvalue weighted by Crippen LogP contribution is -2.43. The fourth-order valence-electron chi connectivity index (χ4n) is 4.38. The summed E-state index contributed by atoms with van der Waals surface area (Å²) in [7, 11) is 5.61. The Morgan fingerprint density at radius 2 is 1.44 bits per heavy atom. The summed E-state index contributed by atoms with van der Waals surface area (Å²) in [6.45, 7) is 11.1. The zero-order valence-corrected chi connectivity index (χ0v) is 25.6. The Hall–Kier alpha value is -3.21. The third kappa shape index (κ3) is 6.18. The second-order valence-electron chi connectivity index (χ2n) is 10.7. The fourth-order valence-corrected chi connectivity index (χ4v) is 5.64. The van der Waals surface area contributed by atoms with Gasteiger partial charge in [0.25, 0.3) is 0 Å². The summed E-state index contributed by atoms with van der Waals surface area (Å²) in [5.74, 6) is 2.54. The molecule has 0 heterocycles. The minimum atomic E-state index is -2.24. The molecule has 39 heavy (non-hydrogen) atoms. The lowest BCUT2D eigenvalue weighted by molar-refractivity contribution is 0.0491. The van der Waals surface area contributed by atoms with Gasteiger partial charge >= 0.3 is 0 Å². The van der Waals surface area contributed by atoms with Crippen LogP contribution >= 0.6 is 0 Å². The van der Waals surface area contributed by atoms with Crippen molar-refractivity contribution in [1.82, 2.24) is 0 Å². The van der Waals surface area contributed by atoms with Crippen LogP contribution in [0.25, 0.3) is 11.1 Å². The molecule has 3 rings (SSSR count). The minimum Gasteiger partial charge on any atom is -0.493 e. The molecule has 0 aliphatic heterocycles. The first-order chi connectivity index (χ1) is 18.5. The first-order valence-corrected chi connectivity index (χ1v) is 15.6. The molecule has 214 valence electrons. The molecule has 0 radical (unpaired) electrons. The van der Waals surface area contributed by atoms with Gasteiger partial charge in [-0.3, -0.25) is 0 Å². The minimum absolute atomic E-state index is 0.0312. The number of hydrogen-bond donors (Lipinski definition) is 1. The van der Waals surface area contributed by atoms with Crippen molar-refractivity contribution in [2.45, 2.75) is 51.4 Å². The van der Waals surface area contributed by atoms with E-state index in [1.165, 1.54) is 0 Å². The molecule has 0 amide bonds. The van der Waals surface area contributed by atoms with Crippen molar-refractivity contribution in [3.8, 4) is 28.7 Å². The molecule has 2 aromatic carbocycles. The predicted molar refractivity (Wildman–Crippen MR) is 154 cm³/mol. The summed E-state index contributed by atoms with van der Waals surface area (Å²) < 4.78 is 40.2. The summed E-state index contributed by atoms with van der Waals surface area (Å²) in [5, 5.41) is 13.9. The van der Waals surface area contributed by atoms with E-state index in [2.05, 4.69) is 39.0 Å². The predicted octanol–water partition coefficient (Wildman–Crippen LogP) is 6.24. The molecule has 0 spiro atoms. The van der Waals surface area contributed by atoms with Gasteiger partial charge in [-0.25, -0.2) is 0 Å². The van der Waals surface area contributed by atoms with E-state index in [-0.39, 0.29) is 17.9 Å². The molecule has 1 unspecified atom stereocenters. The Morgan fingerprint density at radius 1 is 0.846 bits per heavy atom. The Labute approximate surface area is 232 Å². The molecule has 0 bridgehead atoms. The molecule has 2 aromatic rings. The van der Waals surface area contributed by atoms with E-state index in [1.807, 2.05) is 30.3 Å². The number of nitrogens with zero attached hydrogens (tertiary/aromatic N) is 1. The number of methoxy groups -OCH3 is 5. The van der Waals surface area contributed by atoms with Crippen LogP contribution in [0.1, 0.15) is 38.3 Å². The Morgan fingerprint density at radius 3 is 1.92 bits per heavy atom. The largest absolute Gasteiger partial charge is 0.493 e. The lowest BCUT2D eigenvalue weighted by Gasteiger charge is -2.39. The van der Waals surface area contributed by atoms with Crippen molar-refractivity contribution < 1.29 is 38.1 Å². The van der Waals surface area contributed by atoms with Gasteiger partial charge in [-0.1, -0.05) is 32.0 Å². The maximum atomic E-state index is 10.2. The van der Waals surface area contributed by atoms with Gasteiger partial charge in [-0.15, -0.1) is 0 Å². The lowest BCUT2D eigenvalue weighted by atomic mass is 9.94. The van der Waals surface area contributed by atoms with Gasteiger partial charge in [-0.2, -0.15) is 0 Å². The van der Waals surface area contributed by atoms with Crippen molar-refractivity contribution in [1.29, 1.82) is 0 Å². The highest BCUT2D eigenvalue weighted by Gasteiger charge is 2.43. The van der Waals surface area contributed by atoms with E-state index in [0.717, 1.165) is 22.3 Å². The molecule has 1 N–H and O–H groups in total. The van der Waals surface area contributed by atoms with Crippen molar-refractivity contribution in [2.24, 2.45) is 5.16 Å². The van der Waals surface area contributed by atoms with Crippen molar-refractivity contribution in [3.05, 3.63) is 41.5 Å². The second-order valence-corrected chi connectivity index (χ2v) is 15.5. The zero-order valence-electron chi connectivity index (χ0n) is 24.6. The van der Waals surface area contributed by atoms with Crippen LogP contribution in [0.3, 0.4) is 0 Å². The SMILES string of the molecule is COCOc1cc(C2=C(c3cc(OC)c(OC)c(OC)c3)C(=NO)CC2O[Si](C)(C)C(C)(C)C)ccc1OC. The monoisotopic (exact) mass is 559 g/mol. The first kappa shape index (κ1) is 30.3. The number of hydrogen-bond acceptors (Lipinski definition) is 9. The Bertz CT molecular complexity index is 1210. The van der Waals surface area contributed by atoms with Gasteiger partial charge in [-0.05, 0) is 59.1 Å². The summed E-state index contributed by atoms with van der Waals surface area (Å²) >= 11 is 0. The van der Waals surface area contributed by atoms with Gasteiger partial charge < -0.3 is 38.1 Å². The first-order valence-electron chi connectivity index (χ1n) is 12.7. The highest BCUT2D eigenvalue weighted by molar-refractivity contribution is 6.74. The van der Waals surface area contributed by atoms with E-state index in [1.54, 1.807) is 35.5 Å². The van der Waals surface area contributed by atoms with Gasteiger partial charge in [0, 0.05) is 19.1 Å². The molecule has 0 saturated carbocycles. The van der Waals surface area contributed by atoms with E-state index in [4.69, 9.17) is 32.8 Å². The number of benzene rings is 2. The van der Waals surface area contributed by atoms with E-state index in [0.29, 0.717) is 40.9 Å². The average Bonchev–Trinajstić information content (AvgIpc) is 3.27. The van der Waals surface area contributed by atoms with Crippen LogP contribution in [0.2, 0.25) is 18.1 Å². The average molecular weight is 560 g/mol. The van der Waals surface area contributed by atoms with Gasteiger partial charge in [0.2, 0.25) is 5.75 Å². The molecule has 0 fully saturated rings. The number of allylic oxidation sites excluding steroid dienone is 1. The van der Waals surface area contributed by atoms with Crippen LogP contribution in [0, 0.1) is 0 Å². The third-order valence-corrected chi connectivity index (χ3v) is 11.9. The molecule has 1 aliphatic rings. The van der Waals surface area contributed by atoms with Gasteiger partial charge in [0.15, 0.2) is 38.1 Å². The van der Waals surface area contributed by atoms with Crippen LogP contribution in [-0.4, -0.2) is 67.7 Å². The second kappa shape index (κ2) is 12.3. The van der Waals surface area contributed by atoms with E-state index >= 15 is 0 Å². The topological polar surface area (TPSA) is 97.2 Å². The normalized spacial score (nSPS) is 17.0. The third-order valence-electron chi connectivity index (χ3n) is 7.38. The molecule has 9 nitrogen and oxygen atoms in total. The highest BCUT2D eigenvalue weighted by Crippen LogP contribution is 2.48. The smallest absolute Gasteiger partial charge is 0.203 e. The maximum Gasteiger partial charge on any atom is 0.203 e. The van der Waals surface area contributed by atoms with Gasteiger partial charge in [0.1, 0.15) is 0 Å². The number of ether oxygens (including phenoxy) is 6. The molecule has 1 atom stereocenters. The van der Waals surface area contributed by atoms with Crippen LogP contribution < -0.4 is 23.7 Å². The molecular weight excluding hydrogens is 518 g/mol. The van der Waals surface area contributed by atoms with E-state index in [9.17, 15) is 5.21 Å². The Balaban J connectivity index is 2.35. The van der Waals surface area contributed by atoms with Gasteiger partial charge in [0.05, 0.1) is 40.3 Å². The summed E-state index contributed by atoms with van der Waals surface area (Å²) in [4.78, 5) is 0. The molecule has 10 heteroatoms. The van der Waals surface area contributed by atoms with E-state index < -0.39 is 8.32 Å². The van der Waals surface area contributed by atoms with Crippen LogP contribution in [0.5, 0.6) is 28.7 Å². The van der Waals surface area contributed by atoms with Crippen LogP contribution in [0.4, 0.5) is 0 Å². The number of rotatable bonds is 11. The summed E-state index contributed by atoms with van der Waals surface area (Å²) in [6, 6.07) is 9.39. The molecule has 1 aliphatic carbocycles. The summed E-state index contributed by atoms with van der Waals surface area (Å²) in [5.41, 5.74) is 3.67. The molecule has 0 saturated heterocycles. The van der Waals surface area contributed by atoms with Crippen molar-refractivity contribution >= 4 is 25.2 Å². The maximum absolute atomic E-state index is 10.2. The zero-order chi connectivity index (χ0) is 29.0. The highest BCUT2D eigenvalue weighted by atomic mass is 28.4. The van der Waals surface area contributed by atoms with Crippen LogP contribution in [-0.2, 0) is 9.16 Å². The number of oxime groups is 1. The Kier molecular flexibility index (Phi) is 9.58. The van der Waals surface area contributed by atoms with Crippen LogP contribution in [0.15, 0.2) is 35.5 Å². The van der Waals surface area contributed by atoms with Crippen molar-refractivity contribution in [2.75, 3.05) is 42.3 Å².